The number of rotatable bonds is 3. The molecule has 0 saturated carbocycles. The monoisotopic (exact) mass is 339 g/mol. The Hall–Kier alpha value is -2.84. The van der Waals surface area contributed by atoms with Crippen LogP contribution >= 0.6 is 11.6 Å². The summed E-state index contributed by atoms with van der Waals surface area (Å²) in [6.07, 6.45) is 0.768. The molecule has 2 aromatic rings. The molecule has 1 N–H and O–H groups in total. The van der Waals surface area contributed by atoms with Crippen LogP contribution in [0.2, 0.25) is 5.02 Å². The van der Waals surface area contributed by atoms with Gasteiger partial charge in [0.05, 0.1) is 11.6 Å². The van der Waals surface area contributed by atoms with Gasteiger partial charge in [0, 0.05) is 22.8 Å². The summed E-state index contributed by atoms with van der Waals surface area (Å²) in [5.74, 6) is -0.367. The van der Waals surface area contributed by atoms with Gasteiger partial charge in [-0.25, -0.2) is 0 Å². The van der Waals surface area contributed by atoms with Gasteiger partial charge in [0.2, 0.25) is 11.8 Å². The Morgan fingerprint density at radius 1 is 1.25 bits per heavy atom. The van der Waals surface area contributed by atoms with Gasteiger partial charge in [-0.1, -0.05) is 17.7 Å². The van der Waals surface area contributed by atoms with Crippen LogP contribution in [0.3, 0.4) is 0 Å². The first-order valence-electron chi connectivity index (χ1n) is 7.47. The number of anilines is 2. The lowest BCUT2D eigenvalue weighted by Crippen LogP contribution is -2.41. The normalized spacial score (nSPS) is 16.8. The highest BCUT2D eigenvalue weighted by molar-refractivity contribution is 6.30. The molecule has 1 heterocycles. The maximum absolute atomic E-state index is 12.6. The second-order valence-corrected chi connectivity index (χ2v) is 5.91. The van der Waals surface area contributed by atoms with Crippen LogP contribution in [0.1, 0.15) is 18.4 Å². The van der Waals surface area contributed by atoms with Gasteiger partial charge in [0.15, 0.2) is 0 Å². The summed E-state index contributed by atoms with van der Waals surface area (Å²) in [5, 5.41) is 12.3. The fourth-order valence-corrected chi connectivity index (χ4v) is 2.88. The zero-order valence-electron chi connectivity index (χ0n) is 12.7. The van der Waals surface area contributed by atoms with Crippen molar-refractivity contribution in [1.82, 2.24) is 0 Å². The SMILES string of the molecule is N#Cc1cccc(NC(=O)C2CCC(=O)N2c2ccc(Cl)cc2)c1. The molecule has 1 unspecified atom stereocenters. The highest BCUT2D eigenvalue weighted by Gasteiger charge is 2.37. The quantitative estimate of drug-likeness (QED) is 0.932. The lowest BCUT2D eigenvalue weighted by Gasteiger charge is -2.24. The van der Waals surface area contributed by atoms with Gasteiger partial charge in [-0.15, -0.1) is 0 Å². The Bertz CT molecular complexity index is 827. The van der Waals surface area contributed by atoms with Crippen molar-refractivity contribution in [2.24, 2.45) is 0 Å². The van der Waals surface area contributed by atoms with Crippen LogP contribution in [0.5, 0.6) is 0 Å². The van der Waals surface area contributed by atoms with E-state index in [1.54, 1.807) is 48.5 Å². The first-order chi connectivity index (χ1) is 11.6. The maximum Gasteiger partial charge on any atom is 0.247 e. The number of halogens is 1. The fraction of sp³-hybridized carbons (Fsp3) is 0.167. The molecule has 0 spiro atoms. The highest BCUT2D eigenvalue weighted by atomic mass is 35.5. The van der Waals surface area contributed by atoms with Gasteiger partial charge < -0.3 is 5.32 Å². The molecule has 2 amide bonds. The molecule has 24 heavy (non-hydrogen) atoms. The third kappa shape index (κ3) is 3.24. The first kappa shape index (κ1) is 16.0. The molecule has 1 aliphatic heterocycles. The van der Waals surface area contributed by atoms with Crippen molar-refractivity contribution >= 4 is 34.8 Å². The topological polar surface area (TPSA) is 73.2 Å². The molecule has 0 bridgehead atoms. The molecular weight excluding hydrogens is 326 g/mol. The number of carbonyl (C=O) groups is 2. The number of hydrogen-bond donors (Lipinski definition) is 1. The molecule has 0 aromatic heterocycles. The molecule has 120 valence electrons. The van der Waals surface area contributed by atoms with Gasteiger partial charge in [0.1, 0.15) is 6.04 Å². The molecule has 2 aromatic carbocycles. The Morgan fingerprint density at radius 3 is 2.71 bits per heavy atom. The molecule has 1 fully saturated rings. The Labute approximate surface area is 144 Å². The summed E-state index contributed by atoms with van der Waals surface area (Å²) in [6, 6.07) is 14.9. The molecule has 6 heteroatoms. The van der Waals surface area contributed by atoms with E-state index in [2.05, 4.69) is 5.32 Å². The van der Waals surface area contributed by atoms with Crippen molar-refractivity contribution in [2.75, 3.05) is 10.2 Å². The number of amides is 2. The van der Waals surface area contributed by atoms with Gasteiger partial charge in [0.25, 0.3) is 0 Å². The fourth-order valence-electron chi connectivity index (χ4n) is 2.75. The van der Waals surface area contributed by atoms with Crippen molar-refractivity contribution < 1.29 is 9.59 Å². The Kier molecular flexibility index (Phi) is 4.50. The van der Waals surface area contributed by atoms with E-state index in [4.69, 9.17) is 16.9 Å². The van der Waals surface area contributed by atoms with Crippen LogP contribution in [0.25, 0.3) is 0 Å². The third-order valence-corrected chi connectivity index (χ3v) is 4.13. The van der Waals surface area contributed by atoms with Crippen LogP contribution < -0.4 is 10.2 Å². The first-order valence-corrected chi connectivity index (χ1v) is 7.85. The molecular formula is C18H14ClN3O2. The van der Waals surface area contributed by atoms with Crippen molar-refractivity contribution in [3.8, 4) is 6.07 Å². The summed E-state index contributed by atoms with van der Waals surface area (Å²) in [4.78, 5) is 26.3. The van der Waals surface area contributed by atoms with Crippen LogP contribution in [-0.4, -0.2) is 17.9 Å². The van der Waals surface area contributed by atoms with Crippen LogP contribution in [0.15, 0.2) is 48.5 Å². The standard InChI is InChI=1S/C18H14ClN3O2/c19-13-4-6-15(7-5-13)22-16(8-9-17(22)23)18(24)21-14-3-1-2-12(10-14)11-20/h1-7,10,16H,8-9H2,(H,21,24). The average molecular weight is 340 g/mol. The average Bonchev–Trinajstić information content (AvgIpc) is 2.97. The predicted octanol–water partition coefficient (Wildman–Crippen LogP) is 3.35. The number of nitriles is 1. The third-order valence-electron chi connectivity index (χ3n) is 3.88. The van der Waals surface area contributed by atoms with E-state index in [0.29, 0.717) is 34.8 Å². The van der Waals surface area contributed by atoms with Crippen molar-refractivity contribution in [2.45, 2.75) is 18.9 Å². The predicted molar refractivity (Wildman–Crippen MR) is 91.7 cm³/mol. The Morgan fingerprint density at radius 2 is 2.00 bits per heavy atom. The second-order valence-electron chi connectivity index (χ2n) is 5.48. The second kappa shape index (κ2) is 6.73. The van der Waals surface area contributed by atoms with Crippen LogP contribution in [0.4, 0.5) is 11.4 Å². The largest absolute Gasteiger partial charge is 0.324 e. The summed E-state index contributed by atoms with van der Waals surface area (Å²) >= 11 is 5.88. The molecule has 1 atom stereocenters. The van der Waals surface area contributed by atoms with Gasteiger partial charge in [-0.2, -0.15) is 5.26 Å². The molecule has 0 aliphatic carbocycles. The number of nitrogens with zero attached hydrogens (tertiary/aromatic N) is 2. The number of hydrogen-bond acceptors (Lipinski definition) is 3. The van der Waals surface area contributed by atoms with E-state index in [0.717, 1.165) is 0 Å². The summed E-state index contributed by atoms with van der Waals surface area (Å²) < 4.78 is 0. The van der Waals surface area contributed by atoms with E-state index in [1.807, 2.05) is 6.07 Å². The van der Waals surface area contributed by atoms with Gasteiger partial charge in [-0.05, 0) is 48.9 Å². The van der Waals surface area contributed by atoms with E-state index in [-0.39, 0.29) is 11.8 Å². The highest BCUT2D eigenvalue weighted by Crippen LogP contribution is 2.28. The van der Waals surface area contributed by atoms with Crippen LogP contribution in [-0.2, 0) is 9.59 Å². The zero-order valence-corrected chi connectivity index (χ0v) is 13.5. The van der Waals surface area contributed by atoms with E-state index in [9.17, 15) is 9.59 Å². The molecule has 0 radical (unpaired) electrons. The van der Waals surface area contributed by atoms with Crippen molar-refractivity contribution in [3.63, 3.8) is 0 Å². The lowest BCUT2D eigenvalue weighted by atomic mass is 10.1. The van der Waals surface area contributed by atoms with Gasteiger partial charge in [-0.3, -0.25) is 14.5 Å². The molecule has 5 nitrogen and oxygen atoms in total. The molecule has 1 saturated heterocycles. The summed E-state index contributed by atoms with van der Waals surface area (Å²) in [6.45, 7) is 0. The minimum atomic E-state index is -0.579. The summed E-state index contributed by atoms with van der Waals surface area (Å²) in [7, 11) is 0. The Balaban J connectivity index is 1.81. The van der Waals surface area contributed by atoms with E-state index >= 15 is 0 Å². The lowest BCUT2D eigenvalue weighted by molar-refractivity contribution is -0.120. The molecule has 1 aliphatic rings. The van der Waals surface area contributed by atoms with Gasteiger partial charge >= 0.3 is 0 Å². The van der Waals surface area contributed by atoms with Crippen molar-refractivity contribution in [3.05, 3.63) is 59.1 Å². The summed E-state index contributed by atoms with van der Waals surface area (Å²) in [5.41, 5.74) is 1.65. The minimum Gasteiger partial charge on any atom is -0.324 e. The van der Waals surface area contributed by atoms with Crippen molar-refractivity contribution in [1.29, 1.82) is 5.26 Å². The smallest absolute Gasteiger partial charge is 0.247 e. The van der Waals surface area contributed by atoms with E-state index < -0.39 is 6.04 Å². The number of benzene rings is 2. The molecule has 3 rings (SSSR count). The van der Waals surface area contributed by atoms with Crippen LogP contribution in [0, 0.1) is 11.3 Å². The van der Waals surface area contributed by atoms with E-state index in [1.165, 1.54) is 4.90 Å². The number of carbonyl (C=O) groups excluding carboxylic acids is 2. The number of nitrogens with one attached hydrogen (secondary N) is 1. The maximum atomic E-state index is 12.6. The minimum absolute atomic E-state index is 0.0942. The zero-order chi connectivity index (χ0) is 17.1.